The Morgan fingerprint density at radius 1 is 1.26 bits per heavy atom. The monoisotopic (exact) mass is 259 g/mol. The Morgan fingerprint density at radius 2 is 2.00 bits per heavy atom. The van der Waals surface area contributed by atoms with Gasteiger partial charge in [-0.25, -0.2) is 4.79 Å². The number of furan rings is 1. The minimum Gasteiger partial charge on any atom is -0.478 e. The molecule has 100 valence electrons. The molecule has 0 spiro atoms. The molecule has 0 atom stereocenters. The normalized spacial score (nSPS) is 10.5. The lowest BCUT2D eigenvalue weighted by atomic mass is 10.1. The van der Waals surface area contributed by atoms with Gasteiger partial charge in [0.05, 0.1) is 12.1 Å². The molecule has 0 aliphatic rings. The first-order valence-electron chi connectivity index (χ1n) is 6.08. The summed E-state index contributed by atoms with van der Waals surface area (Å²) in [6, 6.07) is 9.20. The number of benzene rings is 1. The number of hydrogen-bond donors (Lipinski definition) is 1. The topological polar surface area (TPSA) is 53.7 Å². The number of anilines is 1. The van der Waals surface area contributed by atoms with Crippen LogP contribution in [0.1, 0.15) is 27.4 Å². The molecular formula is C15H17NO3. The number of carbonyl (C=O) groups is 1. The third-order valence-corrected chi connectivity index (χ3v) is 3.07. The molecule has 19 heavy (non-hydrogen) atoms. The van der Waals surface area contributed by atoms with E-state index in [1.165, 1.54) is 0 Å². The Kier molecular flexibility index (Phi) is 3.60. The van der Waals surface area contributed by atoms with E-state index in [0.29, 0.717) is 12.1 Å². The summed E-state index contributed by atoms with van der Waals surface area (Å²) in [4.78, 5) is 13.0. The van der Waals surface area contributed by atoms with Crippen molar-refractivity contribution in [2.75, 3.05) is 11.9 Å². The van der Waals surface area contributed by atoms with Gasteiger partial charge < -0.3 is 14.4 Å². The Hall–Kier alpha value is -2.23. The van der Waals surface area contributed by atoms with E-state index in [9.17, 15) is 4.79 Å². The minimum atomic E-state index is -0.895. The molecule has 0 aliphatic heterocycles. The second-order valence-corrected chi connectivity index (χ2v) is 4.67. The number of rotatable bonds is 4. The number of aromatic carboxylic acids is 1. The van der Waals surface area contributed by atoms with Crippen molar-refractivity contribution in [2.24, 2.45) is 0 Å². The lowest BCUT2D eigenvalue weighted by Gasteiger charge is -2.19. The first kappa shape index (κ1) is 13.2. The van der Waals surface area contributed by atoms with Gasteiger partial charge in [-0.2, -0.15) is 0 Å². The summed E-state index contributed by atoms with van der Waals surface area (Å²) < 4.78 is 5.53. The largest absolute Gasteiger partial charge is 0.478 e. The third-order valence-electron chi connectivity index (χ3n) is 3.07. The molecule has 0 saturated heterocycles. The quantitative estimate of drug-likeness (QED) is 0.915. The van der Waals surface area contributed by atoms with Gasteiger partial charge in [0.25, 0.3) is 0 Å². The Bertz CT molecular complexity index is 601. The molecule has 0 saturated carbocycles. The molecule has 0 amide bonds. The van der Waals surface area contributed by atoms with Gasteiger partial charge in [-0.3, -0.25) is 0 Å². The maximum absolute atomic E-state index is 11.0. The average Bonchev–Trinajstić information content (AvgIpc) is 2.74. The highest BCUT2D eigenvalue weighted by molar-refractivity contribution is 5.89. The number of carboxylic acid groups (broad SMARTS) is 1. The third kappa shape index (κ3) is 2.96. The van der Waals surface area contributed by atoms with E-state index >= 15 is 0 Å². The predicted molar refractivity (Wildman–Crippen MR) is 73.7 cm³/mol. The molecular weight excluding hydrogens is 242 g/mol. The van der Waals surface area contributed by atoms with Gasteiger partial charge in [0.15, 0.2) is 0 Å². The van der Waals surface area contributed by atoms with Crippen molar-refractivity contribution in [3.05, 3.63) is 53.0 Å². The van der Waals surface area contributed by atoms with Crippen LogP contribution in [0.25, 0.3) is 0 Å². The number of aryl methyl sites for hydroxylation is 2. The van der Waals surface area contributed by atoms with Crippen LogP contribution in [0.2, 0.25) is 0 Å². The predicted octanol–water partition coefficient (Wildman–Crippen LogP) is 3.23. The van der Waals surface area contributed by atoms with Gasteiger partial charge in [0.2, 0.25) is 0 Å². The second-order valence-electron chi connectivity index (χ2n) is 4.67. The van der Waals surface area contributed by atoms with Crippen molar-refractivity contribution in [3.8, 4) is 0 Å². The molecule has 2 aromatic rings. The number of nitrogens with zero attached hydrogens (tertiary/aromatic N) is 1. The summed E-state index contributed by atoms with van der Waals surface area (Å²) >= 11 is 0. The van der Waals surface area contributed by atoms with Crippen LogP contribution in [0.3, 0.4) is 0 Å². The van der Waals surface area contributed by atoms with Crippen LogP contribution in [0.5, 0.6) is 0 Å². The molecule has 0 unspecified atom stereocenters. The van der Waals surface area contributed by atoms with Gasteiger partial charge in [0, 0.05) is 12.7 Å². The maximum Gasteiger partial charge on any atom is 0.335 e. The number of carboxylic acids is 1. The molecule has 1 N–H and O–H groups in total. The highest BCUT2D eigenvalue weighted by atomic mass is 16.4. The average molecular weight is 259 g/mol. The number of hydrogen-bond acceptors (Lipinski definition) is 3. The van der Waals surface area contributed by atoms with Gasteiger partial charge in [-0.1, -0.05) is 0 Å². The van der Waals surface area contributed by atoms with Gasteiger partial charge in [-0.05, 0) is 49.7 Å². The van der Waals surface area contributed by atoms with Crippen molar-refractivity contribution in [2.45, 2.75) is 20.4 Å². The lowest BCUT2D eigenvalue weighted by molar-refractivity contribution is 0.0696. The molecule has 1 aromatic heterocycles. The molecule has 4 nitrogen and oxygen atoms in total. The van der Waals surface area contributed by atoms with Crippen LogP contribution in [-0.2, 0) is 6.54 Å². The van der Waals surface area contributed by atoms with Crippen LogP contribution in [0.4, 0.5) is 5.69 Å². The summed E-state index contributed by atoms with van der Waals surface area (Å²) in [5.74, 6) is 0.883. The fourth-order valence-corrected chi connectivity index (χ4v) is 2.02. The lowest BCUT2D eigenvalue weighted by Crippen LogP contribution is -2.16. The fourth-order valence-electron chi connectivity index (χ4n) is 2.02. The highest BCUT2D eigenvalue weighted by Gasteiger charge is 2.10. The minimum absolute atomic E-state index is 0.339. The zero-order valence-electron chi connectivity index (χ0n) is 11.3. The van der Waals surface area contributed by atoms with E-state index < -0.39 is 5.97 Å². The molecule has 0 fully saturated rings. The summed E-state index contributed by atoms with van der Waals surface area (Å²) in [5, 5.41) is 9.00. The Balaban J connectivity index is 2.17. The SMILES string of the molecule is Cc1ccc(CN(C)c2ccc(C(=O)O)c(C)c2)o1. The molecule has 1 heterocycles. The van der Waals surface area contributed by atoms with Gasteiger partial charge >= 0.3 is 5.97 Å². The molecule has 0 aliphatic carbocycles. The molecule has 0 radical (unpaired) electrons. The first-order valence-corrected chi connectivity index (χ1v) is 6.08. The van der Waals surface area contributed by atoms with E-state index in [2.05, 4.69) is 0 Å². The van der Waals surface area contributed by atoms with Gasteiger partial charge in [-0.15, -0.1) is 0 Å². The van der Waals surface area contributed by atoms with Crippen LogP contribution >= 0.6 is 0 Å². The zero-order chi connectivity index (χ0) is 14.0. The van der Waals surface area contributed by atoms with Crippen molar-refractivity contribution in [1.82, 2.24) is 0 Å². The smallest absolute Gasteiger partial charge is 0.335 e. The standard InChI is InChI=1S/C15H17NO3/c1-10-8-12(5-7-14(10)15(17)18)16(3)9-13-6-4-11(2)19-13/h4-8H,9H2,1-3H3,(H,17,18). The highest BCUT2D eigenvalue weighted by Crippen LogP contribution is 2.20. The van der Waals surface area contributed by atoms with Gasteiger partial charge in [0.1, 0.15) is 11.5 Å². The van der Waals surface area contributed by atoms with Crippen LogP contribution in [0.15, 0.2) is 34.7 Å². The molecule has 2 rings (SSSR count). The summed E-state index contributed by atoms with van der Waals surface area (Å²) in [5.41, 5.74) is 2.06. The fraction of sp³-hybridized carbons (Fsp3) is 0.267. The maximum atomic E-state index is 11.0. The Labute approximate surface area is 112 Å². The van der Waals surface area contributed by atoms with E-state index in [1.54, 1.807) is 13.0 Å². The summed E-state index contributed by atoms with van der Waals surface area (Å²) in [7, 11) is 1.95. The molecule has 4 heteroatoms. The second kappa shape index (κ2) is 5.18. The summed E-state index contributed by atoms with van der Waals surface area (Å²) in [6.07, 6.45) is 0. The van der Waals surface area contributed by atoms with E-state index in [-0.39, 0.29) is 0 Å². The zero-order valence-corrected chi connectivity index (χ0v) is 11.3. The van der Waals surface area contributed by atoms with E-state index in [1.807, 2.05) is 43.1 Å². The van der Waals surface area contributed by atoms with Crippen molar-refractivity contribution < 1.29 is 14.3 Å². The van der Waals surface area contributed by atoms with Crippen molar-refractivity contribution >= 4 is 11.7 Å². The van der Waals surface area contributed by atoms with Crippen LogP contribution in [0, 0.1) is 13.8 Å². The van der Waals surface area contributed by atoms with Crippen LogP contribution in [-0.4, -0.2) is 18.1 Å². The van der Waals surface area contributed by atoms with E-state index in [0.717, 1.165) is 22.8 Å². The van der Waals surface area contributed by atoms with Crippen molar-refractivity contribution in [3.63, 3.8) is 0 Å². The Morgan fingerprint density at radius 3 is 2.53 bits per heavy atom. The van der Waals surface area contributed by atoms with E-state index in [4.69, 9.17) is 9.52 Å². The van der Waals surface area contributed by atoms with Crippen LogP contribution < -0.4 is 4.90 Å². The molecule has 0 bridgehead atoms. The molecule has 1 aromatic carbocycles. The van der Waals surface area contributed by atoms with Crippen molar-refractivity contribution in [1.29, 1.82) is 0 Å². The summed E-state index contributed by atoms with van der Waals surface area (Å²) in [6.45, 7) is 4.37. The first-order chi connectivity index (χ1) is 8.97.